The molecule has 0 aliphatic rings. The van der Waals surface area contributed by atoms with Crippen LogP contribution >= 0.6 is 0 Å². The highest BCUT2D eigenvalue weighted by Gasteiger charge is 2.05. The molecule has 1 atom stereocenters. The van der Waals surface area contributed by atoms with E-state index in [4.69, 9.17) is 4.74 Å². The van der Waals surface area contributed by atoms with E-state index in [2.05, 4.69) is 47.9 Å². The molecule has 0 saturated heterocycles. The Morgan fingerprint density at radius 1 is 0.900 bits per heavy atom. The van der Waals surface area contributed by atoms with E-state index in [1.807, 2.05) is 55.5 Å². The van der Waals surface area contributed by atoms with Crippen LogP contribution in [0, 0.1) is 6.92 Å². The molecule has 156 valence electrons. The van der Waals surface area contributed by atoms with E-state index in [1.54, 1.807) is 0 Å². The van der Waals surface area contributed by atoms with Crippen molar-refractivity contribution in [2.45, 2.75) is 39.3 Å². The molecule has 4 heteroatoms. The second-order valence-electron chi connectivity index (χ2n) is 7.65. The lowest BCUT2D eigenvalue weighted by atomic mass is 10.1. The Morgan fingerprint density at radius 2 is 1.60 bits per heavy atom. The zero-order chi connectivity index (χ0) is 21.2. The second kappa shape index (κ2) is 11.2. The average Bonchev–Trinajstić information content (AvgIpc) is 2.78. The van der Waals surface area contributed by atoms with Gasteiger partial charge in [-0.2, -0.15) is 0 Å². The Labute approximate surface area is 179 Å². The van der Waals surface area contributed by atoms with Crippen LogP contribution in [0.1, 0.15) is 30.0 Å². The van der Waals surface area contributed by atoms with Crippen LogP contribution in [-0.4, -0.2) is 18.6 Å². The summed E-state index contributed by atoms with van der Waals surface area (Å²) in [5.74, 6) is 0.520. The van der Waals surface area contributed by atoms with E-state index in [1.165, 1.54) is 11.1 Å². The smallest absolute Gasteiger partial charge is 0.262 e. The van der Waals surface area contributed by atoms with Gasteiger partial charge in [0.15, 0.2) is 6.61 Å². The van der Waals surface area contributed by atoms with Gasteiger partial charge in [-0.15, -0.1) is 0 Å². The number of hydrogen-bond acceptors (Lipinski definition) is 3. The zero-order valence-corrected chi connectivity index (χ0v) is 17.7. The lowest BCUT2D eigenvalue weighted by Gasteiger charge is -2.14. The molecule has 2 N–H and O–H groups in total. The number of hydrogen-bond donors (Lipinski definition) is 2. The van der Waals surface area contributed by atoms with E-state index >= 15 is 0 Å². The Balaban J connectivity index is 1.36. The second-order valence-corrected chi connectivity index (χ2v) is 7.65. The summed E-state index contributed by atoms with van der Waals surface area (Å²) in [5, 5.41) is 6.40. The maximum absolute atomic E-state index is 12.0. The number of carbonyl (C=O) groups is 1. The molecule has 0 aliphatic carbocycles. The molecule has 0 radical (unpaired) electrons. The molecule has 3 rings (SSSR count). The highest BCUT2D eigenvalue weighted by atomic mass is 16.5. The Kier molecular flexibility index (Phi) is 8.04. The van der Waals surface area contributed by atoms with E-state index in [0.717, 1.165) is 30.6 Å². The van der Waals surface area contributed by atoms with Crippen molar-refractivity contribution in [1.29, 1.82) is 0 Å². The molecule has 3 aromatic rings. The van der Waals surface area contributed by atoms with Crippen LogP contribution in [0.2, 0.25) is 0 Å². The topological polar surface area (TPSA) is 50.4 Å². The van der Waals surface area contributed by atoms with E-state index in [9.17, 15) is 4.79 Å². The summed E-state index contributed by atoms with van der Waals surface area (Å²) >= 11 is 0. The van der Waals surface area contributed by atoms with Gasteiger partial charge in [0.25, 0.3) is 5.91 Å². The number of aryl methyl sites for hydroxylation is 2. The van der Waals surface area contributed by atoms with Crippen molar-refractivity contribution in [3.8, 4) is 5.75 Å². The van der Waals surface area contributed by atoms with Crippen LogP contribution in [0.25, 0.3) is 0 Å². The summed E-state index contributed by atoms with van der Waals surface area (Å²) in [6.45, 7) is 5.03. The SMILES string of the molecule is Cc1ccc(NC(=O)COc2ccc(CN[C@H](C)CCc3ccccc3)cc2)cc1. The van der Waals surface area contributed by atoms with Gasteiger partial charge in [0.2, 0.25) is 0 Å². The predicted octanol–water partition coefficient (Wildman–Crippen LogP) is 5.12. The van der Waals surface area contributed by atoms with Crippen molar-refractivity contribution in [3.63, 3.8) is 0 Å². The monoisotopic (exact) mass is 402 g/mol. The van der Waals surface area contributed by atoms with Gasteiger partial charge in [-0.1, -0.05) is 60.2 Å². The minimum atomic E-state index is -0.170. The van der Waals surface area contributed by atoms with E-state index < -0.39 is 0 Å². The van der Waals surface area contributed by atoms with Gasteiger partial charge in [0.05, 0.1) is 0 Å². The summed E-state index contributed by atoms with van der Waals surface area (Å²) in [7, 11) is 0. The summed E-state index contributed by atoms with van der Waals surface area (Å²) < 4.78 is 5.60. The maximum Gasteiger partial charge on any atom is 0.262 e. The molecule has 0 heterocycles. The molecule has 3 aromatic carbocycles. The minimum Gasteiger partial charge on any atom is -0.484 e. The summed E-state index contributed by atoms with van der Waals surface area (Å²) in [6, 6.07) is 26.6. The van der Waals surface area contributed by atoms with Crippen LogP contribution in [-0.2, 0) is 17.8 Å². The first kappa shape index (κ1) is 21.6. The first-order valence-corrected chi connectivity index (χ1v) is 10.4. The molecule has 0 spiro atoms. The number of ether oxygens (including phenoxy) is 1. The fraction of sp³-hybridized carbons (Fsp3) is 0.269. The van der Waals surface area contributed by atoms with Crippen LogP contribution < -0.4 is 15.4 Å². The zero-order valence-electron chi connectivity index (χ0n) is 17.7. The maximum atomic E-state index is 12.0. The fourth-order valence-corrected chi connectivity index (χ4v) is 3.11. The molecule has 0 aromatic heterocycles. The highest BCUT2D eigenvalue weighted by molar-refractivity contribution is 5.91. The van der Waals surface area contributed by atoms with Crippen LogP contribution in [0.5, 0.6) is 5.75 Å². The van der Waals surface area contributed by atoms with Gasteiger partial charge in [0, 0.05) is 18.3 Å². The van der Waals surface area contributed by atoms with Crippen LogP contribution in [0.4, 0.5) is 5.69 Å². The normalized spacial score (nSPS) is 11.7. The molecular formula is C26H30N2O2. The van der Waals surface area contributed by atoms with Crippen LogP contribution in [0.15, 0.2) is 78.9 Å². The summed E-state index contributed by atoms with van der Waals surface area (Å²) in [4.78, 5) is 12.0. The number of benzene rings is 3. The number of nitrogens with one attached hydrogen (secondary N) is 2. The molecule has 4 nitrogen and oxygen atoms in total. The third-order valence-corrected chi connectivity index (χ3v) is 4.99. The average molecular weight is 403 g/mol. The van der Waals surface area contributed by atoms with Crippen molar-refractivity contribution in [2.75, 3.05) is 11.9 Å². The first-order chi connectivity index (χ1) is 14.6. The standard InChI is InChI=1S/C26H30N2O2/c1-20-8-14-24(15-9-20)28-26(29)19-30-25-16-12-23(13-17-25)18-27-21(2)10-11-22-6-4-3-5-7-22/h3-9,12-17,21,27H,10-11,18-19H2,1-2H3,(H,28,29)/t21-/m1/s1. The summed E-state index contributed by atoms with van der Waals surface area (Å²) in [5.41, 5.74) is 4.50. The molecule has 0 bridgehead atoms. The lowest BCUT2D eigenvalue weighted by molar-refractivity contribution is -0.118. The molecule has 0 unspecified atom stereocenters. The molecule has 30 heavy (non-hydrogen) atoms. The fourth-order valence-electron chi connectivity index (χ4n) is 3.11. The van der Waals surface area contributed by atoms with Gasteiger partial charge in [-0.3, -0.25) is 4.79 Å². The van der Waals surface area contributed by atoms with Crippen molar-refractivity contribution >= 4 is 11.6 Å². The third-order valence-electron chi connectivity index (χ3n) is 4.99. The molecule has 0 saturated carbocycles. The van der Waals surface area contributed by atoms with Crippen molar-refractivity contribution in [1.82, 2.24) is 5.32 Å². The highest BCUT2D eigenvalue weighted by Crippen LogP contribution is 2.13. The van der Waals surface area contributed by atoms with Gasteiger partial charge in [-0.25, -0.2) is 0 Å². The van der Waals surface area contributed by atoms with Gasteiger partial charge in [-0.05, 0) is 62.1 Å². The third kappa shape index (κ3) is 7.37. The largest absolute Gasteiger partial charge is 0.484 e. The number of carbonyl (C=O) groups excluding carboxylic acids is 1. The Morgan fingerprint density at radius 3 is 2.30 bits per heavy atom. The van der Waals surface area contributed by atoms with Crippen molar-refractivity contribution < 1.29 is 9.53 Å². The molecule has 0 aliphatic heterocycles. The first-order valence-electron chi connectivity index (χ1n) is 10.4. The van der Waals surface area contributed by atoms with Gasteiger partial charge in [0.1, 0.15) is 5.75 Å². The molecule has 1 amide bonds. The Hall–Kier alpha value is -3.11. The van der Waals surface area contributed by atoms with Gasteiger partial charge >= 0.3 is 0 Å². The minimum absolute atomic E-state index is 0.0119. The van der Waals surface area contributed by atoms with Crippen molar-refractivity contribution in [3.05, 3.63) is 95.6 Å². The van der Waals surface area contributed by atoms with E-state index in [0.29, 0.717) is 11.8 Å². The Bertz CT molecular complexity index is 906. The van der Waals surface area contributed by atoms with Gasteiger partial charge < -0.3 is 15.4 Å². The lowest BCUT2D eigenvalue weighted by Crippen LogP contribution is -2.25. The molecule has 0 fully saturated rings. The number of amides is 1. The molecular weight excluding hydrogens is 372 g/mol. The van der Waals surface area contributed by atoms with Crippen LogP contribution in [0.3, 0.4) is 0 Å². The number of anilines is 1. The predicted molar refractivity (Wildman–Crippen MR) is 123 cm³/mol. The van der Waals surface area contributed by atoms with Crippen molar-refractivity contribution in [2.24, 2.45) is 0 Å². The quantitative estimate of drug-likeness (QED) is 0.495. The van der Waals surface area contributed by atoms with E-state index in [-0.39, 0.29) is 12.5 Å². The number of rotatable bonds is 10. The summed E-state index contributed by atoms with van der Waals surface area (Å²) in [6.07, 6.45) is 2.17.